The van der Waals surface area contributed by atoms with Crippen molar-refractivity contribution >= 4 is 58.6 Å². The first-order valence-corrected chi connectivity index (χ1v) is 11.5. The van der Waals surface area contributed by atoms with E-state index in [0.717, 1.165) is 73.9 Å². The number of hydrogen-bond donors (Lipinski definition) is 2. The summed E-state index contributed by atoms with van der Waals surface area (Å²) in [5.41, 5.74) is 1.15. The van der Waals surface area contributed by atoms with Crippen LogP contribution < -0.4 is 15.5 Å². The third kappa shape index (κ3) is 7.86. The largest absolute Gasteiger partial charge is 0.368 e. The van der Waals surface area contributed by atoms with Crippen LogP contribution in [0, 0.1) is 6.92 Å². The molecule has 0 bridgehead atoms. The molecule has 0 saturated carbocycles. The van der Waals surface area contributed by atoms with Gasteiger partial charge < -0.3 is 15.5 Å². The molecule has 1 fully saturated rings. The van der Waals surface area contributed by atoms with Gasteiger partial charge in [0.1, 0.15) is 5.01 Å². The highest BCUT2D eigenvalue weighted by Gasteiger charge is 2.18. The second-order valence-corrected chi connectivity index (χ2v) is 8.85. The molecule has 1 aliphatic rings. The molecular formula is C21H32ClIN6S. The lowest BCUT2D eigenvalue weighted by atomic mass is 10.2. The van der Waals surface area contributed by atoms with Crippen molar-refractivity contribution in [2.24, 2.45) is 4.99 Å². The van der Waals surface area contributed by atoms with Gasteiger partial charge in [-0.1, -0.05) is 23.7 Å². The topological polar surface area (TPSA) is 55.8 Å². The second kappa shape index (κ2) is 13.3. The van der Waals surface area contributed by atoms with E-state index in [1.807, 2.05) is 18.3 Å². The SMILES string of the molecule is CCNC(=NCc1ncc(C)s1)NCCCN1CCN(c2ccccc2Cl)CC1.I. The molecule has 2 N–H and O–H groups in total. The van der Waals surface area contributed by atoms with Gasteiger partial charge >= 0.3 is 0 Å². The zero-order chi connectivity index (χ0) is 20.5. The number of nitrogens with zero attached hydrogens (tertiary/aromatic N) is 4. The van der Waals surface area contributed by atoms with E-state index in [9.17, 15) is 0 Å². The van der Waals surface area contributed by atoms with Crippen molar-refractivity contribution in [2.45, 2.75) is 26.8 Å². The summed E-state index contributed by atoms with van der Waals surface area (Å²) in [6.07, 6.45) is 2.99. The zero-order valence-corrected chi connectivity index (χ0v) is 21.6. The van der Waals surface area contributed by atoms with E-state index in [-0.39, 0.29) is 24.0 Å². The average Bonchev–Trinajstić information content (AvgIpc) is 3.15. The molecule has 1 aromatic carbocycles. The predicted octanol–water partition coefficient (Wildman–Crippen LogP) is 3.99. The summed E-state index contributed by atoms with van der Waals surface area (Å²) < 4.78 is 0. The number of aliphatic imine (C=N–C) groups is 1. The number of nitrogens with one attached hydrogen (secondary N) is 2. The maximum Gasteiger partial charge on any atom is 0.191 e. The quantitative estimate of drug-likeness (QED) is 0.221. The van der Waals surface area contributed by atoms with Gasteiger partial charge in [0.05, 0.1) is 17.3 Å². The van der Waals surface area contributed by atoms with Gasteiger partial charge in [-0.2, -0.15) is 0 Å². The van der Waals surface area contributed by atoms with Crippen LogP contribution in [-0.2, 0) is 6.54 Å². The molecule has 0 unspecified atom stereocenters. The van der Waals surface area contributed by atoms with Crippen LogP contribution in [-0.4, -0.2) is 61.7 Å². The maximum absolute atomic E-state index is 6.33. The fourth-order valence-corrected chi connectivity index (χ4v) is 4.36. The minimum Gasteiger partial charge on any atom is -0.368 e. The Labute approximate surface area is 206 Å². The monoisotopic (exact) mass is 562 g/mol. The van der Waals surface area contributed by atoms with Crippen molar-refractivity contribution in [1.29, 1.82) is 0 Å². The summed E-state index contributed by atoms with van der Waals surface area (Å²) in [6.45, 7) is 11.8. The lowest BCUT2D eigenvalue weighted by Gasteiger charge is -2.36. The van der Waals surface area contributed by atoms with Crippen molar-refractivity contribution in [2.75, 3.05) is 50.7 Å². The highest BCUT2D eigenvalue weighted by Crippen LogP contribution is 2.25. The summed E-state index contributed by atoms with van der Waals surface area (Å²) in [5, 5.41) is 8.64. The van der Waals surface area contributed by atoms with Gasteiger partial charge in [-0.3, -0.25) is 4.90 Å². The number of halogens is 2. The summed E-state index contributed by atoms with van der Waals surface area (Å²) >= 11 is 8.04. The van der Waals surface area contributed by atoms with Gasteiger partial charge in [0.15, 0.2) is 5.96 Å². The second-order valence-electron chi connectivity index (χ2n) is 7.12. The Balaban J connectivity index is 0.00000320. The van der Waals surface area contributed by atoms with Crippen LogP contribution in [0.1, 0.15) is 23.2 Å². The van der Waals surface area contributed by atoms with Gasteiger partial charge in [-0.25, -0.2) is 9.98 Å². The summed E-state index contributed by atoms with van der Waals surface area (Å²) in [6, 6.07) is 8.11. The highest BCUT2D eigenvalue weighted by atomic mass is 127. The number of benzene rings is 1. The smallest absolute Gasteiger partial charge is 0.191 e. The lowest BCUT2D eigenvalue weighted by molar-refractivity contribution is 0.255. The molecule has 0 spiro atoms. The molecule has 0 aliphatic carbocycles. The number of aryl methyl sites for hydroxylation is 1. The van der Waals surface area contributed by atoms with Gasteiger partial charge in [0.25, 0.3) is 0 Å². The van der Waals surface area contributed by atoms with E-state index in [2.05, 4.69) is 56.4 Å². The number of para-hydroxylation sites is 1. The van der Waals surface area contributed by atoms with Crippen LogP contribution >= 0.6 is 46.9 Å². The Hall–Kier alpha value is -1.10. The third-order valence-electron chi connectivity index (χ3n) is 4.89. The van der Waals surface area contributed by atoms with Crippen molar-refractivity contribution in [1.82, 2.24) is 20.5 Å². The number of thiazole rings is 1. The fourth-order valence-electron chi connectivity index (χ4n) is 3.39. The fraction of sp³-hybridized carbons (Fsp3) is 0.524. The molecule has 2 aromatic rings. The van der Waals surface area contributed by atoms with Gasteiger partial charge in [-0.05, 0) is 38.9 Å². The molecule has 2 heterocycles. The third-order valence-corrected chi connectivity index (χ3v) is 6.11. The van der Waals surface area contributed by atoms with E-state index in [1.54, 1.807) is 11.3 Å². The highest BCUT2D eigenvalue weighted by molar-refractivity contribution is 14.0. The summed E-state index contributed by atoms with van der Waals surface area (Å²) in [5.74, 6) is 0.865. The number of aromatic nitrogens is 1. The zero-order valence-electron chi connectivity index (χ0n) is 17.7. The summed E-state index contributed by atoms with van der Waals surface area (Å²) in [4.78, 5) is 15.2. The Morgan fingerprint density at radius 1 is 1.20 bits per heavy atom. The molecule has 166 valence electrons. The molecule has 1 saturated heterocycles. The number of guanidine groups is 1. The predicted molar refractivity (Wildman–Crippen MR) is 140 cm³/mol. The van der Waals surface area contributed by atoms with E-state index in [4.69, 9.17) is 11.6 Å². The van der Waals surface area contributed by atoms with Crippen LogP contribution in [0.4, 0.5) is 5.69 Å². The average molecular weight is 563 g/mol. The minimum atomic E-state index is 0. The lowest BCUT2D eigenvalue weighted by Crippen LogP contribution is -2.47. The van der Waals surface area contributed by atoms with Crippen molar-refractivity contribution < 1.29 is 0 Å². The van der Waals surface area contributed by atoms with Gasteiger partial charge in [0, 0.05) is 50.3 Å². The molecule has 0 amide bonds. The van der Waals surface area contributed by atoms with E-state index >= 15 is 0 Å². The van der Waals surface area contributed by atoms with Crippen molar-refractivity contribution in [3.8, 4) is 0 Å². The number of anilines is 1. The first-order chi connectivity index (χ1) is 14.2. The number of rotatable bonds is 8. The molecule has 0 radical (unpaired) electrons. The van der Waals surface area contributed by atoms with E-state index < -0.39 is 0 Å². The number of piperazine rings is 1. The van der Waals surface area contributed by atoms with Crippen LogP contribution in [0.2, 0.25) is 5.02 Å². The molecule has 0 atom stereocenters. The normalized spacial score (nSPS) is 15.0. The standard InChI is InChI=1S/C21H31ClN6S.HI/c1-3-23-21(26-16-20-25-15-17(2)29-20)24-9-6-10-27-11-13-28(14-12-27)19-8-5-4-7-18(19)22;/h4-5,7-8,15H,3,6,9-14,16H2,1-2H3,(H2,23,24,26);1H. The van der Waals surface area contributed by atoms with Crippen LogP contribution in [0.5, 0.6) is 0 Å². The maximum atomic E-state index is 6.33. The first-order valence-electron chi connectivity index (χ1n) is 10.3. The van der Waals surface area contributed by atoms with Gasteiger partial charge in [0.2, 0.25) is 0 Å². The Bertz CT molecular complexity index is 791. The molecule has 6 nitrogen and oxygen atoms in total. The van der Waals surface area contributed by atoms with Crippen LogP contribution in [0.3, 0.4) is 0 Å². The van der Waals surface area contributed by atoms with Crippen LogP contribution in [0.15, 0.2) is 35.5 Å². The molecular weight excluding hydrogens is 531 g/mol. The Kier molecular flexibility index (Phi) is 11.2. The van der Waals surface area contributed by atoms with Crippen molar-refractivity contribution in [3.05, 3.63) is 45.4 Å². The number of hydrogen-bond acceptors (Lipinski definition) is 5. The molecule has 3 rings (SSSR count). The molecule has 1 aliphatic heterocycles. The Morgan fingerprint density at radius 2 is 1.97 bits per heavy atom. The van der Waals surface area contributed by atoms with E-state index in [0.29, 0.717) is 6.54 Å². The first kappa shape index (κ1) is 25.2. The molecule has 9 heteroatoms. The molecule has 1 aromatic heterocycles. The molecule has 30 heavy (non-hydrogen) atoms. The van der Waals surface area contributed by atoms with E-state index in [1.165, 1.54) is 4.88 Å². The minimum absolute atomic E-state index is 0. The van der Waals surface area contributed by atoms with Gasteiger partial charge in [-0.15, -0.1) is 35.3 Å². The van der Waals surface area contributed by atoms with Crippen LogP contribution in [0.25, 0.3) is 0 Å². The Morgan fingerprint density at radius 3 is 2.63 bits per heavy atom. The summed E-state index contributed by atoms with van der Waals surface area (Å²) in [7, 11) is 0. The van der Waals surface area contributed by atoms with Crippen molar-refractivity contribution in [3.63, 3.8) is 0 Å².